The molecule has 1 aromatic carbocycles. The van der Waals surface area contributed by atoms with E-state index in [-0.39, 0.29) is 15.5 Å². The van der Waals surface area contributed by atoms with Crippen molar-refractivity contribution in [3.05, 3.63) is 62.2 Å². The number of benzene rings is 1. The second kappa shape index (κ2) is 9.75. The van der Waals surface area contributed by atoms with Crippen molar-refractivity contribution in [2.75, 3.05) is 6.54 Å². The van der Waals surface area contributed by atoms with Gasteiger partial charge in [0.25, 0.3) is 11.8 Å². The van der Waals surface area contributed by atoms with E-state index in [1.807, 2.05) is 32.0 Å². The molecule has 0 unspecified atom stereocenters. The first-order valence-electron chi connectivity index (χ1n) is 9.50. The largest absolute Gasteiger partial charge is 0.506 e. The van der Waals surface area contributed by atoms with E-state index in [4.69, 9.17) is 5.11 Å². The van der Waals surface area contributed by atoms with E-state index >= 15 is 0 Å². The van der Waals surface area contributed by atoms with E-state index in [2.05, 4.69) is 15.8 Å². The summed E-state index contributed by atoms with van der Waals surface area (Å²) in [6.07, 6.45) is 0. The molecule has 0 aliphatic rings. The van der Waals surface area contributed by atoms with Crippen molar-refractivity contribution in [3.63, 3.8) is 0 Å². The molecule has 2 heterocycles. The lowest BCUT2D eigenvalue weighted by atomic mass is 10.0. The fourth-order valence-corrected chi connectivity index (χ4v) is 4.59. The van der Waals surface area contributed by atoms with Crippen LogP contribution in [0.4, 0.5) is 0 Å². The second-order valence-electron chi connectivity index (χ2n) is 7.00. The molecule has 10 heteroatoms. The molecule has 0 radical (unpaired) electrons. The number of amides is 2. The molecular formula is C22H21N3O5S2. The smallest absolute Gasteiger partial charge is 0.322 e. The van der Waals surface area contributed by atoms with Crippen molar-refractivity contribution in [1.29, 1.82) is 0 Å². The zero-order valence-electron chi connectivity index (χ0n) is 17.6. The van der Waals surface area contributed by atoms with Crippen LogP contribution in [0, 0.1) is 13.8 Å². The highest BCUT2D eigenvalue weighted by atomic mass is 32.1. The molecule has 32 heavy (non-hydrogen) atoms. The van der Waals surface area contributed by atoms with Gasteiger partial charge in [-0.3, -0.25) is 14.4 Å². The van der Waals surface area contributed by atoms with Crippen LogP contribution in [0.1, 0.15) is 43.0 Å². The Bertz CT molecular complexity index is 1230. The molecule has 0 aliphatic carbocycles. The maximum Gasteiger partial charge on any atom is 0.322 e. The van der Waals surface area contributed by atoms with Crippen LogP contribution < -0.4 is 10.7 Å². The summed E-state index contributed by atoms with van der Waals surface area (Å²) >= 11 is 2.31. The Kier molecular flexibility index (Phi) is 7.06. The van der Waals surface area contributed by atoms with Crippen LogP contribution in [0.25, 0.3) is 10.4 Å². The highest BCUT2D eigenvalue weighted by molar-refractivity contribution is 7.16. The first kappa shape index (κ1) is 23.2. The van der Waals surface area contributed by atoms with Gasteiger partial charge in [0.2, 0.25) is 0 Å². The van der Waals surface area contributed by atoms with Gasteiger partial charge in [-0.2, -0.15) is 5.10 Å². The number of carboxylic acid groups (broad SMARTS) is 1. The van der Waals surface area contributed by atoms with Crippen LogP contribution in [-0.2, 0) is 4.79 Å². The summed E-state index contributed by atoms with van der Waals surface area (Å²) < 4.78 is 0. The Labute approximate surface area is 192 Å². The molecule has 8 nitrogen and oxygen atoms in total. The maximum absolute atomic E-state index is 12.4. The number of nitrogens with one attached hydrogen (secondary N) is 2. The summed E-state index contributed by atoms with van der Waals surface area (Å²) in [6, 6.07) is 8.86. The number of nitrogens with zero attached hydrogens (tertiary/aromatic N) is 1. The van der Waals surface area contributed by atoms with E-state index in [9.17, 15) is 19.5 Å². The van der Waals surface area contributed by atoms with Gasteiger partial charge in [-0.15, -0.1) is 22.7 Å². The lowest BCUT2D eigenvalue weighted by Gasteiger charge is -2.05. The average molecular weight is 472 g/mol. The minimum Gasteiger partial charge on any atom is -0.506 e. The predicted molar refractivity (Wildman–Crippen MR) is 125 cm³/mol. The average Bonchev–Trinajstić information content (AvgIpc) is 3.39. The van der Waals surface area contributed by atoms with Gasteiger partial charge in [0.1, 0.15) is 12.3 Å². The normalized spacial score (nSPS) is 11.3. The van der Waals surface area contributed by atoms with E-state index in [0.29, 0.717) is 11.3 Å². The van der Waals surface area contributed by atoms with Crippen LogP contribution in [0.3, 0.4) is 0 Å². The molecule has 0 bridgehead atoms. The predicted octanol–water partition coefficient (Wildman–Crippen LogP) is 3.77. The molecule has 0 fully saturated rings. The third-order valence-electron chi connectivity index (χ3n) is 4.70. The molecule has 2 amide bonds. The Balaban J connectivity index is 1.70. The number of carbonyl (C=O) groups excluding carboxylic acids is 2. The number of hydrazone groups is 1. The van der Waals surface area contributed by atoms with Crippen molar-refractivity contribution in [3.8, 4) is 16.2 Å². The van der Waals surface area contributed by atoms with E-state index in [1.165, 1.54) is 29.0 Å². The topological polar surface area (TPSA) is 128 Å². The monoisotopic (exact) mass is 471 g/mol. The van der Waals surface area contributed by atoms with Crippen LogP contribution in [0.5, 0.6) is 5.75 Å². The highest BCUT2D eigenvalue weighted by Gasteiger charge is 2.17. The third kappa shape index (κ3) is 5.21. The first-order valence-corrected chi connectivity index (χ1v) is 11.2. The van der Waals surface area contributed by atoms with Crippen molar-refractivity contribution < 1.29 is 24.6 Å². The van der Waals surface area contributed by atoms with Crippen LogP contribution >= 0.6 is 22.7 Å². The minimum atomic E-state index is -1.16. The second-order valence-corrected chi connectivity index (χ2v) is 8.97. The van der Waals surface area contributed by atoms with Gasteiger partial charge in [0.05, 0.1) is 25.9 Å². The van der Waals surface area contributed by atoms with Gasteiger partial charge < -0.3 is 15.5 Å². The van der Waals surface area contributed by atoms with Gasteiger partial charge in [-0.25, -0.2) is 5.43 Å². The van der Waals surface area contributed by atoms with Crippen LogP contribution in [-0.4, -0.2) is 40.3 Å². The molecule has 0 aliphatic heterocycles. The summed E-state index contributed by atoms with van der Waals surface area (Å²) in [4.78, 5) is 36.0. The van der Waals surface area contributed by atoms with Gasteiger partial charge >= 0.3 is 5.97 Å². The van der Waals surface area contributed by atoms with E-state index in [0.717, 1.165) is 27.3 Å². The Morgan fingerprint density at radius 1 is 1.03 bits per heavy atom. The zero-order chi connectivity index (χ0) is 23.4. The Morgan fingerprint density at radius 3 is 2.38 bits per heavy atom. The SMILES string of the molecule is C/C(=N/NC(=O)c1ccc(C(=O)NCC(=O)O)s1)c1csc(-c2ccc(C)c(C)c2)c1O. The number of aromatic hydroxyl groups is 1. The Hall–Kier alpha value is -3.50. The van der Waals surface area contributed by atoms with Crippen molar-refractivity contribution in [1.82, 2.24) is 10.7 Å². The molecule has 2 aromatic heterocycles. The molecule has 166 valence electrons. The molecule has 3 rings (SSSR count). The highest BCUT2D eigenvalue weighted by Crippen LogP contribution is 2.39. The summed E-state index contributed by atoms with van der Waals surface area (Å²) in [5.74, 6) is -2.15. The molecule has 0 spiro atoms. The number of carbonyl (C=O) groups is 3. The summed E-state index contributed by atoms with van der Waals surface area (Å²) in [5.41, 5.74) is 6.57. The molecule has 4 N–H and O–H groups in total. The summed E-state index contributed by atoms with van der Waals surface area (Å²) in [5, 5.41) is 27.4. The zero-order valence-corrected chi connectivity index (χ0v) is 19.2. The standard InChI is InChI=1S/C22H21N3O5S2/c1-11-4-5-14(8-12(11)2)20-19(28)15(10-31-20)13(3)24-25-22(30)17-7-6-16(32-17)21(29)23-9-18(26)27/h4-8,10,28H,9H2,1-3H3,(H,23,29)(H,25,30)(H,26,27)/b24-13-. The van der Waals surface area contributed by atoms with Gasteiger partial charge in [-0.05, 0) is 49.6 Å². The van der Waals surface area contributed by atoms with Crippen molar-refractivity contribution in [2.24, 2.45) is 5.10 Å². The first-order chi connectivity index (χ1) is 15.2. The molecule has 0 saturated heterocycles. The van der Waals surface area contributed by atoms with E-state index < -0.39 is 24.3 Å². The quantitative estimate of drug-likeness (QED) is 0.308. The summed E-state index contributed by atoms with van der Waals surface area (Å²) in [7, 11) is 0. The number of aliphatic carboxylic acids is 1. The van der Waals surface area contributed by atoms with Crippen LogP contribution in [0.15, 0.2) is 40.8 Å². The van der Waals surface area contributed by atoms with Gasteiger partial charge in [0.15, 0.2) is 0 Å². The van der Waals surface area contributed by atoms with Crippen molar-refractivity contribution >= 4 is 46.2 Å². The number of rotatable bonds is 7. The van der Waals surface area contributed by atoms with Crippen LogP contribution in [0.2, 0.25) is 0 Å². The fraction of sp³-hybridized carbons (Fsp3) is 0.182. The molecule has 0 atom stereocenters. The van der Waals surface area contributed by atoms with Crippen molar-refractivity contribution in [2.45, 2.75) is 20.8 Å². The number of thiophene rings is 2. The maximum atomic E-state index is 12.4. The number of hydrogen-bond donors (Lipinski definition) is 4. The number of hydrogen-bond acceptors (Lipinski definition) is 7. The minimum absolute atomic E-state index is 0.0993. The third-order valence-corrected chi connectivity index (χ3v) is 6.80. The number of carboxylic acids is 1. The van der Waals surface area contributed by atoms with Gasteiger partial charge in [-0.1, -0.05) is 18.2 Å². The lowest BCUT2D eigenvalue weighted by molar-refractivity contribution is -0.135. The molecule has 3 aromatic rings. The fourth-order valence-electron chi connectivity index (χ4n) is 2.77. The molecule has 0 saturated carbocycles. The molecular weight excluding hydrogens is 450 g/mol. The Morgan fingerprint density at radius 2 is 1.72 bits per heavy atom. The van der Waals surface area contributed by atoms with E-state index in [1.54, 1.807) is 12.3 Å². The summed E-state index contributed by atoms with van der Waals surface area (Å²) in [6.45, 7) is 5.21. The lowest BCUT2D eigenvalue weighted by Crippen LogP contribution is -2.28. The van der Waals surface area contributed by atoms with Gasteiger partial charge in [0, 0.05) is 5.38 Å². The number of aryl methyl sites for hydroxylation is 2.